The van der Waals surface area contributed by atoms with Crippen molar-refractivity contribution >= 4 is 5.78 Å². The zero-order valence-electron chi connectivity index (χ0n) is 17.4. The smallest absolute Gasteiger partial charge is 0.167 e. The average Bonchev–Trinajstić information content (AvgIpc) is 3.27. The Morgan fingerprint density at radius 1 is 1.13 bits per heavy atom. The van der Waals surface area contributed by atoms with Gasteiger partial charge in [-0.15, -0.1) is 0 Å². The lowest BCUT2D eigenvalue weighted by molar-refractivity contribution is 0.0811. The summed E-state index contributed by atoms with van der Waals surface area (Å²) in [6.45, 7) is 2.50. The standard InChI is InChI=1S/C24H27N3O3/c1-29-21-10-8-17(9-11-21)23-20(14-25-26-23)16-27-12-4-6-19(15-27)24(28)18-5-3-7-22(13-18)30-2/h3,5,7-11,13-14,19H,4,6,12,15-16H2,1-2H3,(H,25,26)/t19-/m1/s1. The van der Waals surface area contributed by atoms with Crippen LogP contribution in [-0.4, -0.2) is 48.2 Å². The number of methoxy groups -OCH3 is 2. The maximum absolute atomic E-state index is 13.1. The summed E-state index contributed by atoms with van der Waals surface area (Å²) in [4.78, 5) is 15.4. The number of hydrogen-bond acceptors (Lipinski definition) is 5. The van der Waals surface area contributed by atoms with Gasteiger partial charge in [0.2, 0.25) is 0 Å². The summed E-state index contributed by atoms with van der Waals surface area (Å²) in [7, 11) is 3.29. The minimum Gasteiger partial charge on any atom is -0.497 e. The Morgan fingerprint density at radius 2 is 1.93 bits per heavy atom. The number of ketones is 1. The van der Waals surface area contributed by atoms with Crippen LogP contribution in [0.5, 0.6) is 11.5 Å². The average molecular weight is 405 g/mol. The van der Waals surface area contributed by atoms with E-state index >= 15 is 0 Å². The fourth-order valence-corrected chi connectivity index (χ4v) is 4.10. The molecule has 4 rings (SSSR count). The van der Waals surface area contributed by atoms with E-state index in [4.69, 9.17) is 9.47 Å². The van der Waals surface area contributed by atoms with E-state index in [9.17, 15) is 4.79 Å². The monoisotopic (exact) mass is 405 g/mol. The molecule has 3 aromatic rings. The van der Waals surface area contributed by atoms with Gasteiger partial charge < -0.3 is 9.47 Å². The van der Waals surface area contributed by atoms with E-state index < -0.39 is 0 Å². The van der Waals surface area contributed by atoms with Crippen LogP contribution in [0.3, 0.4) is 0 Å². The van der Waals surface area contributed by atoms with Crippen molar-refractivity contribution in [2.75, 3.05) is 27.3 Å². The van der Waals surface area contributed by atoms with Gasteiger partial charge in [-0.1, -0.05) is 12.1 Å². The summed E-state index contributed by atoms with van der Waals surface area (Å²) >= 11 is 0. The summed E-state index contributed by atoms with van der Waals surface area (Å²) in [5.74, 6) is 1.74. The Morgan fingerprint density at radius 3 is 2.70 bits per heavy atom. The molecule has 30 heavy (non-hydrogen) atoms. The number of aromatic nitrogens is 2. The Balaban J connectivity index is 1.46. The first kappa shape index (κ1) is 20.2. The lowest BCUT2D eigenvalue weighted by Crippen LogP contribution is -2.38. The van der Waals surface area contributed by atoms with Gasteiger partial charge in [0.15, 0.2) is 5.78 Å². The van der Waals surface area contributed by atoms with Gasteiger partial charge >= 0.3 is 0 Å². The van der Waals surface area contributed by atoms with Crippen molar-refractivity contribution in [1.82, 2.24) is 15.1 Å². The highest BCUT2D eigenvalue weighted by Crippen LogP contribution is 2.28. The normalized spacial score (nSPS) is 16.9. The van der Waals surface area contributed by atoms with Crippen molar-refractivity contribution in [2.24, 2.45) is 5.92 Å². The molecule has 6 nitrogen and oxygen atoms in total. The number of hydrogen-bond donors (Lipinski definition) is 1. The molecule has 2 aromatic carbocycles. The molecule has 0 saturated carbocycles. The maximum Gasteiger partial charge on any atom is 0.167 e. The highest BCUT2D eigenvalue weighted by atomic mass is 16.5. The molecule has 1 aliphatic rings. The molecule has 0 aliphatic carbocycles. The number of nitrogens with zero attached hydrogens (tertiary/aromatic N) is 2. The lowest BCUT2D eigenvalue weighted by Gasteiger charge is -2.32. The Bertz CT molecular complexity index is 997. The number of Topliss-reactive ketones (excluding diaryl/α,β-unsaturated/α-hetero) is 1. The summed E-state index contributed by atoms with van der Waals surface area (Å²) in [6.07, 6.45) is 3.81. The van der Waals surface area contributed by atoms with Gasteiger partial charge in [-0.2, -0.15) is 5.10 Å². The first-order valence-corrected chi connectivity index (χ1v) is 10.2. The van der Waals surface area contributed by atoms with Gasteiger partial charge in [0.05, 0.1) is 26.1 Å². The number of carbonyl (C=O) groups is 1. The summed E-state index contributed by atoms with van der Waals surface area (Å²) in [5.41, 5.74) is 3.95. The SMILES string of the molecule is COc1ccc(-c2[nH]ncc2CN2CCC[C@@H](C(=O)c3cccc(OC)c3)C2)cc1. The third kappa shape index (κ3) is 4.39. The van der Waals surface area contributed by atoms with Crippen molar-refractivity contribution in [1.29, 1.82) is 0 Å². The van der Waals surface area contributed by atoms with E-state index in [2.05, 4.69) is 15.1 Å². The minimum atomic E-state index is 0.00203. The van der Waals surface area contributed by atoms with Crippen LogP contribution in [-0.2, 0) is 6.54 Å². The summed E-state index contributed by atoms with van der Waals surface area (Å²) in [5, 5.41) is 7.39. The van der Waals surface area contributed by atoms with Crippen LogP contribution in [0.15, 0.2) is 54.7 Å². The maximum atomic E-state index is 13.1. The van der Waals surface area contributed by atoms with Crippen LogP contribution in [0.25, 0.3) is 11.3 Å². The number of aromatic amines is 1. The van der Waals surface area contributed by atoms with Crippen molar-refractivity contribution in [3.05, 3.63) is 65.9 Å². The molecular formula is C24H27N3O3. The molecule has 2 heterocycles. The number of carbonyl (C=O) groups excluding carboxylic acids is 1. The molecule has 1 aromatic heterocycles. The van der Waals surface area contributed by atoms with E-state index in [0.717, 1.165) is 66.4 Å². The molecule has 1 fully saturated rings. The van der Waals surface area contributed by atoms with Crippen LogP contribution in [0.2, 0.25) is 0 Å². The second kappa shape index (κ2) is 9.13. The van der Waals surface area contributed by atoms with Crippen molar-refractivity contribution < 1.29 is 14.3 Å². The molecule has 0 unspecified atom stereocenters. The second-order valence-corrected chi connectivity index (χ2v) is 7.67. The van der Waals surface area contributed by atoms with E-state index in [-0.39, 0.29) is 11.7 Å². The first-order chi connectivity index (χ1) is 14.7. The van der Waals surface area contributed by atoms with E-state index in [1.165, 1.54) is 0 Å². The first-order valence-electron chi connectivity index (χ1n) is 10.2. The summed E-state index contributed by atoms with van der Waals surface area (Å²) in [6, 6.07) is 15.4. The number of rotatable bonds is 7. The Labute approximate surface area is 176 Å². The largest absolute Gasteiger partial charge is 0.497 e. The quantitative estimate of drug-likeness (QED) is 0.597. The van der Waals surface area contributed by atoms with Crippen LogP contribution in [0.1, 0.15) is 28.8 Å². The molecule has 1 saturated heterocycles. The molecule has 0 radical (unpaired) electrons. The topological polar surface area (TPSA) is 67.5 Å². The highest BCUT2D eigenvalue weighted by molar-refractivity contribution is 5.98. The minimum absolute atomic E-state index is 0.00203. The highest BCUT2D eigenvalue weighted by Gasteiger charge is 2.27. The third-order valence-electron chi connectivity index (χ3n) is 5.72. The lowest BCUT2D eigenvalue weighted by atomic mass is 9.89. The Kier molecular flexibility index (Phi) is 6.14. The van der Waals surface area contributed by atoms with Gasteiger partial charge in [0.1, 0.15) is 11.5 Å². The molecule has 0 spiro atoms. The van der Waals surface area contributed by atoms with E-state index in [1.54, 1.807) is 14.2 Å². The Hall–Kier alpha value is -3.12. The van der Waals surface area contributed by atoms with Crippen molar-refractivity contribution in [2.45, 2.75) is 19.4 Å². The summed E-state index contributed by atoms with van der Waals surface area (Å²) < 4.78 is 10.5. The van der Waals surface area contributed by atoms with Crippen molar-refractivity contribution in [3.63, 3.8) is 0 Å². The number of H-pyrrole nitrogens is 1. The predicted octanol–water partition coefficient (Wildman–Crippen LogP) is 4.19. The van der Waals surface area contributed by atoms with E-state index in [1.807, 2.05) is 54.7 Å². The zero-order chi connectivity index (χ0) is 20.9. The molecule has 156 valence electrons. The number of benzene rings is 2. The molecule has 1 aliphatic heterocycles. The third-order valence-corrected chi connectivity index (χ3v) is 5.72. The molecule has 0 bridgehead atoms. The molecule has 1 N–H and O–H groups in total. The van der Waals surface area contributed by atoms with Crippen LogP contribution >= 0.6 is 0 Å². The molecule has 6 heteroatoms. The molecule has 1 atom stereocenters. The van der Waals surface area contributed by atoms with Crippen molar-refractivity contribution in [3.8, 4) is 22.8 Å². The van der Waals surface area contributed by atoms with E-state index in [0.29, 0.717) is 0 Å². The number of piperidine rings is 1. The molecule has 0 amide bonds. The fourth-order valence-electron chi connectivity index (χ4n) is 4.10. The van der Waals surface area contributed by atoms with Crippen LogP contribution in [0, 0.1) is 5.92 Å². The number of ether oxygens (including phenoxy) is 2. The van der Waals surface area contributed by atoms with Gasteiger partial charge in [-0.3, -0.25) is 14.8 Å². The van der Waals surface area contributed by atoms with Crippen LogP contribution in [0.4, 0.5) is 0 Å². The predicted molar refractivity (Wildman–Crippen MR) is 116 cm³/mol. The van der Waals surface area contributed by atoms with Gasteiger partial charge in [-0.25, -0.2) is 0 Å². The zero-order valence-corrected chi connectivity index (χ0v) is 17.4. The molecular weight excluding hydrogens is 378 g/mol. The number of likely N-dealkylation sites (tertiary alicyclic amines) is 1. The van der Waals surface area contributed by atoms with Gasteiger partial charge in [-0.05, 0) is 55.8 Å². The number of nitrogens with one attached hydrogen (secondary N) is 1. The van der Waals surface area contributed by atoms with Crippen LogP contribution < -0.4 is 9.47 Å². The fraction of sp³-hybridized carbons (Fsp3) is 0.333. The van der Waals surface area contributed by atoms with Gasteiger partial charge in [0, 0.05) is 35.7 Å². The second-order valence-electron chi connectivity index (χ2n) is 7.67. The van der Waals surface area contributed by atoms with Gasteiger partial charge in [0.25, 0.3) is 0 Å².